The van der Waals surface area contributed by atoms with Crippen LogP contribution < -0.4 is 0 Å². The van der Waals surface area contributed by atoms with Crippen LogP contribution in [-0.4, -0.2) is 58.7 Å². The second-order valence-corrected chi connectivity index (χ2v) is 9.03. The van der Waals surface area contributed by atoms with Crippen LogP contribution >= 0.6 is 34.4 Å². The summed E-state index contributed by atoms with van der Waals surface area (Å²) in [5.74, 6) is 1.02. The van der Waals surface area contributed by atoms with E-state index in [1.54, 1.807) is 34.4 Å². The molecule has 0 spiro atoms. The number of thiazole rings is 1. The number of ether oxygens (including phenoxy) is 1. The van der Waals surface area contributed by atoms with Gasteiger partial charge in [-0.15, -0.1) is 44.6 Å². The van der Waals surface area contributed by atoms with Crippen molar-refractivity contribution in [2.75, 3.05) is 38.6 Å². The Morgan fingerprint density at radius 3 is 2.81 bits per heavy atom. The number of aromatic nitrogens is 3. The molecule has 0 aliphatic carbocycles. The topological polar surface area (TPSA) is 51.1 Å². The zero-order valence-corrected chi connectivity index (χ0v) is 17.0. The van der Waals surface area contributed by atoms with Crippen molar-refractivity contribution in [3.05, 3.63) is 35.3 Å². The van der Waals surface area contributed by atoms with Gasteiger partial charge in [0.1, 0.15) is 15.7 Å². The number of rotatable bonds is 6. The van der Waals surface area contributed by atoms with Crippen LogP contribution in [0.1, 0.15) is 5.69 Å². The number of nitrogens with zero attached hydrogens (tertiary/aromatic N) is 4. The Morgan fingerprint density at radius 2 is 2.08 bits per heavy atom. The predicted molar refractivity (Wildman–Crippen MR) is 109 cm³/mol. The van der Waals surface area contributed by atoms with E-state index >= 15 is 0 Å². The number of hydrogen-bond acceptors (Lipinski definition) is 8. The van der Waals surface area contributed by atoms with Gasteiger partial charge in [-0.1, -0.05) is 6.07 Å². The lowest BCUT2D eigenvalue weighted by molar-refractivity contribution is 0.0410. The normalized spacial score (nSPS) is 15.4. The van der Waals surface area contributed by atoms with Crippen molar-refractivity contribution in [3.8, 4) is 20.5 Å². The molecule has 0 aromatic carbocycles. The molecule has 0 radical (unpaired) electrons. The first-order valence-corrected chi connectivity index (χ1v) is 11.3. The number of thioether (sulfide) groups is 1. The molecule has 1 saturated heterocycles. The lowest BCUT2D eigenvalue weighted by atomic mass is 10.3. The maximum absolute atomic E-state index is 5.38. The molecule has 0 N–H and O–H groups in total. The molecule has 0 saturated carbocycles. The summed E-state index contributed by atoms with van der Waals surface area (Å²) in [6.07, 6.45) is 0. The zero-order chi connectivity index (χ0) is 17.8. The Bertz CT molecular complexity index is 827. The molecule has 4 heterocycles. The molecule has 0 bridgehead atoms. The van der Waals surface area contributed by atoms with Crippen LogP contribution in [0.5, 0.6) is 0 Å². The van der Waals surface area contributed by atoms with Gasteiger partial charge >= 0.3 is 0 Å². The average Bonchev–Trinajstić information content (AvgIpc) is 3.33. The van der Waals surface area contributed by atoms with Gasteiger partial charge in [-0.3, -0.25) is 4.90 Å². The molecule has 1 aliphatic rings. The van der Waals surface area contributed by atoms with E-state index in [1.165, 1.54) is 4.88 Å². The Morgan fingerprint density at radius 1 is 1.19 bits per heavy atom. The van der Waals surface area contributed by atoms with Gasteiger partial charge in [0.25, 0.3) is 0 Å². The van der Waals surface area contributed by atoms with E-state index in [1.807, 2.05) is 6.92 Å². The summed E-state index contributed by atoms with van der Waals surface area (Å²) in [4.78, 5) is 9.43. The summed E-state index contributed by atoms with van der Waals surface area (Å²) in [6, 6.07) is 8.28. The third-order valence-corrected chi connectivity index (χ3v) is 7.28. The number of thiophene rings is 1. The van der Waals surface area contributed by atoms with Gasteiger partial charge < -0.3 is 4.74 Å². The molecule has 26 heavy (non-hydrogen) atoms. The molecule has 136 valence electrons. The van der Waals surface area contributed by atoms with Gasteiger partial charge in [-0.05, 0) is 30.5 Å². The molecular formula is C18H20N4OS3. The third-order valence-electron chi connectivity index (χ3n) is 4.16. The highest BCUT2D eigenvalue weighted by Crippen LogP contribution is 2.36. The van der Waals surface area contributed by atoms with Crippen molar-refractivity contribution in [2.24, 2.45) is 0 Å². The highest BCUT2D eigenvalue weighted by molar-refractivity contribution is 7.99. The minimum Gasteiger partial charge on any atom is -0.379 e. The van der Waals surface area contributed by atoms with E-state index < -0.39 is 0 Å². The highest BCUT2D eigenvalue weighted by atomic mass is 32.2. The lowest BCUT2D eigenvalue weighted by Gasteiger charge is -2.26. The number of aryl methyl sites for hydroxylation is 1. The Kier molecular flexibility index (Phi) is 5.96. The quantitative estimate of drug-likeness (QED) is 0.578. The van der Waals surface area contributed by atoms with Crippen LogP contribution in [0, 0.1) is 6.92 Å². The third kappa shape index (κ3) is 4.32. The molecular weight excluding hydrogens is 384 g/mol. The van der Waals surface area contributed by atoms with Gasteiger partial charge in [0.2, 0.25) is 0 Å². The van der Waals surface area contributed by atoms with Gasteiger partial charge in [-0.2, -0.15) is 0 Å². The summed E-state index contributed by atoms with van der Waals surface area (Å²) in [6.45, 7) is 6.86. The summed E-state index contributed by atoms with van der Waals surface area (Å²) in [7, 11) is 0. The number of hydrogen-bond donors (Lipinski definition) is 0. The van der Waals surface area contributed by atoms with E-state index in [4.69, 9.17) is 9.72 Å². The average molecular weight is 405 g/mol. The molecule has 3 aromatic heterocycles. The van der Waals surface area contributed by atoms with Crippen LogP contribution in [0.3, 0.4) is 0 Å². The van der Waals surface area contributed by atoms with Gasteiger partial charge in [0, 0.05) is 25.4 Å². The fraction of sp³-hybridized carbons (Fsp3) is 0.389. The molecule has 0 unspecified atom stereocenters. The molecule has 0 amide bonds. The van der Waals surface area contributed by atoms with Crippen LogP contribution in [0.4, 0.5) is 0 Å². The van der Waals surface area contributed by atoms with Crippen molar-refractivity contribution in [1.29, 1.82) is 0 Å². The summed E-state index contributed by atoms with van der Waals surface area (Å²) in [5.41, 5.74) is 1.92. The first kappa shape index (κ1) is 18.1. The second-order valence-electron chi connectivity index (χ2n) is 5.97. The van der Waals surface area contributed by atoms with Crippen LogP contribution in [0.2, 0.25) is 0 Å². The minimum absolute atomic E-state index is 0.848. The van der Waals surface area contributed by atoms with Crippen LogP contribution in [0.15, 0.2) is 34.7 Å². The smallest absolute Gasteiger partial charge is 0.134 e. The highest BCUT2D eigenvalue weighted by Gasteiger charge is 2.14. The van der Waals surface area contributed by atoms with Crippen molar-refractivity contribution < 1.29 is 4.74 Å². The van der Waals surface area contributed by atoms with Gasteiger partial charge in [0.05, 0.1) is 28.7 Å². The van der Waals surface area contributed by atoms with Crippen molar-refractivity contribution in [1.82, 2.24) is 20.1 Å². The van der Waals surface area contributed by atoms with E-state index in [0.717, 1.165) is 64.9 Å². The molecule has 4 rings (SSSR count). The van der Waals surface area contributed by atoms with Crippen molar-refractivity contribution >= 4 is 34.4 Å². The maximum atomic E-state index is 5.38. The molecule has 0 atom stereocenters. The monoisotopic (exact) mass is 404 g/mol. The summed E-state index contributed by atoms with van der Waals surface area (Å²) in [5, 5.41) is 12.9. The van der Waals surface area contributed by atoms with E-state index in [-0.39, 0.29) is 0 Å². The molecule has 3 aromatic rings. The Balaban J connectivity index is 1.38. The first-order valence-electron chi connectivity index (χ1n) is 8.58. The maximum Gasteiger partial charge on any atom is 0.134 e. The van der Waals surface area contributed by atoms with E-state index in [9.17, 15) is 0 Å². The lowest BCUT2D eigenvalue weighted by Crippen LogP contribution is -2.37. The standard InChI is InChI=1S/C18H20N4OS3/c1-13-17(26-18(19-13)15-3-2-11-24-15)14-4-5-16(21-20-14)25-12-8-22-6-9-23-10-7-22/h2-5,11H,6-10,12H2,1H3. The molecule has 1 aliphatic heterocycles. The summed E-state index contributed by atoms with van der Waals surface area (Å²) >= 11 is 5.16. The second kappa shape index (κ2) is 8.58. The largest absolute Gasteiger partial charge is 0.379 e. The van der Waals surface area contributed by atoms with E-state index in [0.29, 0.717) is 0 Å². The Hall–Kier alpha value is -1.32. The molecule has 8 heteroatoms. The molecule has 1 fully saturated rings. The van der Waals surface area contributed by atoms with Gasteiger partial charge in [-0.25, -0.2) is 4.98 Å². The Labute approximate surface area is 165 Å². The van der Waals surface area contributed by atoms with Crippen LogP contribution in [-0.2, 0) is 4.74 Å². The minimum atomic E-state index is 0.848. The molecule has 5 nitrogen and oxygen atoms in total. The summed E-state index contributed by atoms with van der Waals surface area (Å²) < 4.78 is 5.38. The van der Waals surface area contributed by atoms with Crippen LogP contribution in [0.25, 0.3) is 20.5 Å². The predicted octanol–water partition coefficient (Wildman–Crippen LogP) is 4.06. The number of morpholine rings is 1. The SMILES string of the molecule is Cc1nc(-c2cccs2)sc1-c1ccc(SCCN2CCOCC2)nn1. The van der Waals surface area contributed by atoms with Gasteiger partial charge in [0.15, 0.2) is 0 Å². The fourth-order valence-electron chi connectivity index (χ4n) is 2.76. The van der Waals surface area contributed by atoms with Crippen molar-refractivity contribution in [3.63, 3.8) is 0 Å². The van der Waals surface area contributed by atoms with Crippen molar-refractivity contribution in [2.45, 2.75) is 11.9 Å². The fourth-order valence-corrected chi connectivity index (χ4v) is 5.41. The zero-order valence-electron chi connectivity index (χ0n) is 14.6. The first-order chi connectivity index (χ1) is 12.8. The van der Waals surface area contributed by atoms with E-state index in [2.05, 4.69) is 44.7 Å².